The zero-order valence-electron chi connectivity index (χ0n) is 18.0. The van der Waals surface area contributed by atoms with Crippen molar-refractivity contribution in [2.75, 3.05) is 17.7 Å². The number of benzene rings is 1. The highest BCUT2D eigenvalue weighted by atomic mass is 32.2. The maximum absolute atomic E-state index is 13.2. The van der Waals surface area contributed by atoms with Crippen LogP contribution in [-0.2, 0) is 25.3 Å². The summed E-state index contributed by atoms with van der Waals surface area (Å²) in [5.74, 6) is -1.35. The number of carbonyl (C=O) groups excluding carboxylic acids is 1. The molecule has 1 N–H and O–H groups in total. The number of amides is 1. The summed E-state index contributed by atoms with van der Waals surface area (Å²) >= 11 is 0. The third-order valence-corrected chi connectivity index (χ3v) is 5.83. The van der Waals surface area contributed by atoms with E-state index in [1.807, 2.05) is 6.07 Å². The second-order valence-corrected chi connectivity index (χ2v) is 8.87. The van der Waals surface area contributed by atoms with Crippen LogP contribution in [0.1, 0.15) is 37.1 Å². The molecule has 1 amide bonds. The van der Waals surface area contributed by atoms with Gasteiger partial charge in [0, 0.05) is 0 Å². The fraction of sp³-hybridized carbons (Fsp3) is 0.333. The molecule has 0 aliphatic heterocycles. The summed E-state index contributed by atoms with van der Waals surface area (Å²) in [6.07, 6.45) is -3.90. The van der Waals surface area contributed by atoms with Crippen molar-refractivity contribution in [3.63, 3.8) is 0 Å². The zero-order valence-corrected chi connectivity index (χ0v) is 18.8. The topological polar surface area (TPSA) is 142 Å². The molecular weight excluding hydrogens is 477 g/mol. The first-order valence-electron chi connectivity index (χ1n) is 9.68. The molecule has 180 valence electrons. The molecular formula is C21H19F3N4O5S. The molecule has 0 unspecified atom stereocenters. The first kappa shape index (κ1) is 26.6. The third kappa shape index (κ3) is 6.91. The number of aromatic nitrogens is 1. The molecule has 0 bridgehead atoms. The molecule has 0 aliphatic carbocycles. The number of hydrogen-bond acceptors (Lipinski definition) is 8. The highest BCUT2D eigenvalue weighted by Gasteiger charge is 2.41. The van der Waals surface area contributed by atoms with Crippen molar-refractivity contribution >= 4 is 21.7 Å². The number of rotatable bonds is 9. The van der Waals surface area contributed by atoms with Crippen molar-refractivity contribution in [3.8, 4) is 17.9 Å². The Morgan fingerprint density at radius 2 is 1.82 bits per heavy atom. The zero-order chi connectivity index (χ0) is 25.6. The molecule has 13 heteroatoms. The highest BCUT2D eigenvalue weighted by molar-refractivity contribution is 7.86. The van der Waals surface area contributed by atoms with Gasteiger partial charge in [0.15, 0.2) is 11.3 Å². The molecule has 0 aliphatic rings. The van der Waals surface area contributed by atoms with Crippen molar-refractivity contribution in [1.29, 1.82) is 10.5 Å². The van der Waals surface area contributed by atoms with Crippen molar-refractivity contribution < 1.29 is 35.3 Å². The Morgan fingerprint density at radius 3 is 2.35 bits per heavy atom. The Kier molecular flexibility index (Phi) is 8.21. The van der Waals surface area contributed by atoms with Crippen LogP contribution in [0.3, 0.4) is 0 Å². The van der Waals surface area contributed by atoms with E-state index in [9.17, 15) is 26.4 Å². The second kappa shape index (κ2) is 10.5. The molecule has 1 aromatic heterocycles. The fourth-order valence-corrected chi connectivity index (χ4v) is 3.92. The van der Waals surface area contributed by atoms with Gasteiger partial charge in [0.1, 0.15) is 18.4 Å². The molecule has 1 atom stereocenters. The predicted molar refractivity (Wildman–Crippen MR) is 113 cm³/mol. The molecule has 2 aromatic rings. The molecule has 1 heterocycles. The van der Waals surface area contributed by atoms with Gasteiger partial charge >= 0.3 is 6.18 Å². The summed E-state index contributed by atoms with van der Waals surface area (Å²) in [7, 11) is -4.21. The number of nitrogens with one attached hydrogen (secondary N) is 1. The van der Waals surface area contributed by atoms with E-state index in [0.29, 0.717) is 11.6 Å². The van der Waals surface area contributed by atoms with Gasteiger partial charge in [0.2, 0.25) is 0 Å². The monoisotopic (exact) mass is 496 g/mol. The average molecular weight is 496 g/mol. The van der Waals surface area contributed by atoms with Gasteiger partial charge in [-0.1, -0.05) is 6.92 Å². The largest absolute Gasteiger partial charge is 0.490 e. The van der Waals surface area contributed by atoms with Gasteiger partial charge in [-0.15, -0.1) is 0 Å². The summed E-state index contributed by atoms with van der Waals surface area (Å²) in [6, 6.07) is 9.43. The maximum Gasteiger partial charge on any atom is 0.419 e. The molecule has 0 radical (unpaired) electrons. The Bertz CT molecular complexity index is 1240. The molecule has 2 rings (SSSR count). The van der Waals surface area contributed by atoms with Gasteiger partial charge in [-0.3, -0.25) is 4.79 Å². The second-order valence-electron chi connectivity index (χ2n) is 7.18. The lowest BCUT2D eigenvalue weighted by molar-refractivity contribution is -0.138. The lowest BCUT2D eigenvalue weighted by Gasteiger charge is -2.28. The van der Waals surface area contributed by atoms with E-state index in [1.165, 1.54) is 30.3 Å². The van der Waals surface area contributed by atoms with Crippen LogP contribution < -0.4 is 10.1 Å². The number of halogens is 3. The number of nitriles is 2. The van der Waals surface area contributed by atoms with Gasteiger partial charge in [0.25, 0.3) is 16.0 Å². The third-order valence-electron chi connectivity index (χ3n) is 4.30. The average Bonchev–Trinajstić information content (AvgIpc) is 2.77. The molecule has 34 heavy (non-hydrogen) atoms. The minimum absolute atomic E-state index is 0.186. The van der Waals surface area contributed by atoms with E-state index in [0.717, 1.165) is 13.1 Å². The molecule has 0 spiro atoms. The van der Waals surface area contributed by atoms with Crippen LogP contribution in [0.2, 0.25) is 0 Å². The summed E-state index contributed by atoms with van der Waals surface area (Å²) < 4.78 is 74.7. The van der Waals surface area contributed by atoms with Crippen LogP contribution in [-0.4, -0.2) is 37.3 Å². The minimum atomic E-state index is -4.91. The van der Waals surface area contributed by atoms with E-state index in [2.05, 4.69) is 10.3 Å². The number of anilines is 1. The Balaban J connectivity index is 2.35. The van der Waals surface area contributed by atoms with Gasteiger partial charge in [0.05, 0.1) is 34.8 Å². The van der Waals surface area contributed by atoms with Crippen molar-refractivity contribution in [2.45, 2.75) is 32.0 Å². The summed E-state index contributed by atoms with van der Waals surface area (Å²) in [5.41, 5.74) is -4.54. The van der Waals surface area contributed by atoms with E-state index in [4.69, 9.17) is 19.4 Å². The molecule has 1 aromatic carbocycles. The standard InChI is InChI=1S/C21H19F3N4O5S/c1-3-8-34(30,31)33-20(2,13-32-16-6-4-14(10-25)5-7-16)19(29)28-15-9-17(21(22,23)24)18(11-26)27-12-15/h4-7,9,12H,3,8,13H2,1-2H3,(H,28,29)/t20-/m0/s1. The van der Waals surface area contributed by atoms with Gasteiger partial charge in [-0.25, -0.2) is 9.17 Å². The number of ether oxygens (including phenoxy) is 1. The van der Waals surface area contributed by atoms with Crippen LogP contribution >= 0.6 is 0 Å². The molecule has 0 fully saturated rings. The van der Waals surface area contributed by atoms with Crippen LogP contribution in [0.25, 0.3) is 0 Å². The first-order chi connectivity index (χ1) is 15.8. The maximum atomic E-state index is 13.2. The van der Waals surface area contributed by atoms with Crippen molar-refractivity contribution in [1.82, 2.24) is 4.98 Å². The lowest BCUT2D eigenvalue weighted by Crippen LogP contribution is -2.49. The van der Waals surface area contributed by atoms with E-state index < -0.39 is 57.1 Å². The highest BCUT2D eigenvalue weighted by Crippen LogP contribution is 2.33. The van der Waals surface area contributed by atoms with E-state index in [-0.39, 0.29) is 12.2 Å². The number of nitrogens with zero attached hydrogens (tertiary/aromatic N) is 3. The number of pyridine rings is 1. The lowest BCUT2D eigenvalue weighted by atomic mass is 10.1. The van der Waals surface area contributed by atoms with Crippen molar-refractivity contribution in [3.05, 3.63) is 53.3 Å². The Labute approximate surface area is 193 Å². The number of hydrogen-bond donors (Lipinski definition) is 1. The molecule has 9 nitrogen and oxygen atoms in total. The SMILES string of the molecule is CCCS(=O)(=O)O[C@@](C)(COc1ccc(C#N)cc1)C(=O)Nc1cnc(C#N)c(C(F)(F)F)c1. The van der Waals surface area contributed by atoms with Crippen LogP contribution in [0.5, 0.6) is 5.75 Å². The number of alkyl halides is 3. The van der Waals surface area contributed by atoms with Crippen LogP contribution in [0.4, 0.5) is 18.9 Å². The van der Waals surface area contributed by atoms with E-state index in [1.54, 1.807) is 6.92 Å². The smallest absolute Gasteiger partial charge is 0.419 e. The van der Waals surface area contributed by atoms with Gasteiger partial charge < -0.3 is 10.1 Å². The Morgan fingerprint density at radius 1 is 1.18 bits per heavy atom. The first-order valence-corrected chi connectivity index (χ1v) is 11.3. The predicted octanol–water partition coefficient (Wildman–Crippen LogP) is 3.38. The van der Waals surface area contributed by atoms with Crippen molar-refractivity contribution in [2.24, 2.45) is 0 Å². The molecule has 0 saturated carbocycles. The van der Waals surface area contributed by atoms with E-state index >= 15 is 0 Å². The summed E-state index contributed by atoms with van der Waals surface area (Å²) in [4.78, 5) is 16.4. The number of carbonyl (C=O) groups is 1. The fourth-order valence-electron chi connectivity index (χ4n) is 2.65. The summed E-state index contributed by atoms with van der Waals surface area (Å²) in [6.45, 7) is 2.04. The quantitative estimate of drug-likeness (QED) is 0.521. The Hall–Kier alpha value is -3.68. The minimum Gasteiger partial charge on any atom is -0.490 e. The summed E-state index contributed by atoms with van der Waals surface area (Å²) in [5, 5.41) is 19.9. The van der Waals surface area contributed by atoms with Crippen LogP contribution in [0, 0.1) is 22.7 Å². The van der Waals surface area contributed by atoms with Gasteiger partial charge in [-0.2, -0.15) is 32.1 Å². The molecule has 0 saturated heterocycles. The van der Waals surface area contributed by atoms with Gasteiger partial charge in [-0.05, 0) is 43.7 Å². The van der Waals surface area contributed by atoms with Crippen LogP contribution in [0.15, 0.2) is 36.5 Å². The normalized spacial score (nSPS) is 13.3.